The van der Waals surface area contributed by atoms with Crippen molar-refractivity contribution in [1.29, 1.82) is 0 Å². The van der Waals surface area contributed by atoms with E-state index in [-0.39, 0.29) is 12.4 Å². The standard InChI is InChI=1S/C11H10ClF3O3/c1-2-17-9(16)6-18-8-5-3-4-7(10(8)12)11(13,14)15/h3-5H,2,6H2,1H3. The summed E-state index contributed by atoms with van der Waals surface area (Å²) in [6.45, 7) is 1.28. The van der Waals surface area contributed by atoms with E-state index >= 15 is 0 Å². The Balaban J connectivity index is 2.82. The second-order valence-corrected chi connectivity index (χ2v) is 3.59. The largest absolute Gasteiger partial charge is 0.480 e. The average Bonchev–Trinajstić information content (AvgIpc) is 2.26. The van der Waals surface area contributed by atoms with E-state index in [1.165, 1.54) is 6.07 Å². The number of rotatable bonds is 4. The van der Waals surface area contributed by atoms with Crippen molar-refractivity contribution >= 4 is 17.6 Å². The van der Waals surface area contributed by atoms with Crippen molar-refractivity contribution in [2.24, 2.45) is 0 Å². The summed E-state index contributed by atoms with van der Waals surface area (Å²) >= 11 is 5.56. The van der Waals surface area contributed by atoms with Gasteiger partial charge in [0, 0.05) is 0 Å². The van der Waals surface area contributed by atoms with Gasteiger partial charge >= 0.3 is 12.1 Å². The van der Waals surface area contributed by atoms with Crippen molar-refractivity contribution < 1.29 is 27.4 Å². The zero-order valence-corrected chi connectivity index (χ0v) is 10.1. The van der Waals surface area contributed by atoms with Crippen LogP contribution in [0.4, 0.5) is 13.2 Å². The predicted molar refractivity (Wildman–Crippen MR) is 58.6 cm³/mol. The third-order valence-electron chi connectivity index (χ3n) is 1.92. The highest BCUT2D eigenvalue weighted by Crippen LogP contribution is 2.39. The van der Waals surface area contributed by atoms with Crippen LogP contribution in [-0.2, 0) is 15.7 Å². The lowest BCUT2D eigenvalue weighted by Crippen LogP contribution is -2.15. The van der Waals surface area contributed by atoms with Gasteiger partial charge in [0.2, 0.25) is 0 Å². The molecule has 3 nitrogen and oxygen atoms in total. The normalized spacial score (nSPS) is 11.2. The fourth-order valence-electron chi connectivity index (χ4n) is 1.18. The molecule has 0 spiro atoms. The molecule has 0 unspecified atom stereocenters. The fourth-order valence-corrected chi connectivity index (χ4v) is 1.47. The molecule has 0 atom stereocenters. The Hall–Kier alpha value is -1.43. The maximum atomic E-state index is 12.5. The van der Waals surface area contributed by atoms with Crippen LogP contribution in [0.2, 0.25) is 5.02 Å². The van der Waals surface area contributed by atoms with Crippen molar-refractivity contribution in [3.05, 3.63) is 28.8 Å². The smallest absolute Gasteiger partial charge is 0.417 e. The molecule has 0 aliphatic carbocycles. The van der Waals surface area contributed by atoms with Crippen LogP contribution in [0, 0.1) is 0 Å². The summed E-state index contributed by atoms with van der Waals surface area (Å²) in [7, 11) is 0. The third-order valence-corrected chi connectivity index (χ3v) is 2.31. The van der Waals surface area contributed by atoms with E-state index in [4.69, 9.17) is 16.3 Å². The molecule has 0 radical (unpaired) electrons. The highest BCUT2D eigenvalue weighted by atomic mass is 35.5. The molecule has 0 aliphatic rings. The Morgan fingerprint density at radius 2 is 2.06 bits per heavy atom. The van der Waals surface area contributed by atoms with Crippen molar-refractivity contribution in [2.75, 3.05) is 13.2 Å². The first-order valence-corrected chi connectivity index (χ1v) is 5.38. The number of carbonyl (C=O) groups is 1. The zero-order valence-electron chi connectivity index (χ0n) is 9.38. The van der Waals surface area contributed by atoms with Crippen LogP contribution in [-0.4, -0.2) is 19.2 Å². The van der Waals surface area contributed by atoms with Gasteiger partial charge in [0.05, 0.1) is 17.2 Å². The minimum atomic E-state index is -4.57. The second kappa shape index (κ2) is 5.95. The molecule has 100 valence electrons. The van der Waals surface area contributed by atoms with Gasteiger partial charge in [-0.2, -0.15) is 13.2 Å². The summed E-state index contributed by atoms with van der Waals surface area (Å²) in [5, 5.41) is -0.575. The molecule has 18 heavy (non-hydrogen) atoms. The monoisotopic (exact) mass is 282 g/mol. The third kappa shape index (κ3) is 3.80. The van der Waals surface area contributed by atoms with E-state index in [0.717, 1.165) is 12.1 Å². The van der Waals surface area contributed by atoms with E-state index in [0.29, 0.717) is 0 Å². The van der Waals surface area contributed by atoms with Gasteiger partial charge in [-0.05, 0) is 19.1 Å². The molecule has 0 N–H and O–H groups in total. The molecule has 0 saturated heterocycles. The van der Waals surface area contributed by atoms with Gasteiger partial charge in [0.25, 0.3) is 0 Å². The highest BCUT2D eigenvalue weighted by molar-refractivity contribution is 6.32. The number of hydrogen-bond donors (Lipinski definition) is 0. The molecule has 0 bridgehead atoms. The molecule has 7 heteroatoms. The first-order chi connectivity index (χ1) is 8.36. The van der Waals surface area contributed by atoms with Crippen molar-refractivity contribution in [3.8, 4) is 5.75 Å². The van der Waals surface area contributed by atoms with Crippen molar-refractivity contribution in [3.63, 3.8) is 0 Å². The summed E-state index contributed by atoms with van der Waals surface area (Å²) < 4.78 is 47.0. The van der Waals surface area contributed by atoms with Gasteiger partial charge in [0.15, 0.2) is 6.61 Å². The molecule has 1 rings (SSSR count). The number of carbonyl (C=O) groups excluding carboxylic acids is 1. The lowest BCUT2D eigenvalue weighted by atomic mass is 10.2. The fraction of sp³-hybridized carbons (Fsp3) is 0.364. The number of esters is 1. The molecule has 0 aliphatic heterocycles. The molecular formula is C11H10ClF3O3. The molecule has 1 aromatic carbocycles. The maximum Gasteiger partial charge on any atom is 0.417 e. The van der Waals surface area contributed by atoms with Crippen LogP contribution < -0.4 is 4.74 Å². The van der Waals surface area contributed by atoms with Crippen LogP contribution in [0.15, 0.2) is 18.2 Å². The Kier molecular flexibility index (Phi) is 4.84. The van der Waals surface area contributed by atoms with Gasteiger partial charge in [-0.1, -0.05) is 17.7 Å². The maximum absolute atomic E-state index is 12.5. The number of hydrogen-bond acceptors (Lipinski definition) is 3. The molecule has 0 saturated carbocycles. The topological polar surface area (TPSA) is 35.5 Å². The minimum Gasteiger partial charge on any atom is -0.480 e. The van der Waals surface area contributed by atoms with E-state index in [1.54, 1.807) is 6.92 Å². The van der Waals surface area contributed by atoms with Gasteiger partial charge in [-0.25, -0.2) is 4.79 Å². The van der Waals surface area contributed by atoms with Gasteiger partial charge < -0.3 is 9.47 Å². The molecule has 1 aromatic rings. The van der Waals surface area contributed by atoms with Crippen molar-refractivity contribution in [1.82, 2.24) is 0 Å². The lowest BCUT2D eigenvalue weighted by molar-refractivity contribution is -0.145. The van der Waals surface area contributed by atoms with Crippen LogP contribution in [0.25, 0.3) is 0 Å². The summed E-state index contributed by atoms with van der Waals surface area (Å²) in [5.41, 5.74) is -1.01. The molecule has 0 heterocycles. The summed E-state index contributed by atoms with van der Waals surface area (Å²) in [4.78, 5) is 11.0. The first-order valence-electron chi connectivity index (χ1n) is 5.00. The van der Waals surface area contributed by atoms with E-state index < -0.39 is 29.3 Å². The Morgan fingerprint density at radius 3 is 2.61 bits per heavy atom. The van der Waals surface area contributed by atoms with Crippen molar-refractivity contribution in [2.45, 2.75) is 13.1 Å². The Labute approximate surface area is 106 Å². The quantitative estimate of drug-likeness (QED) is 0.795. The average molecular weight is 283 g/mol. The predicted octanol–water partition coefficient (Wildman–Crippen LogP) is 3.30. The summed E-state index contributed by atoms with van der Waals surface area (Å²) in [6.07, 6.45) is -4.57. The minimum absolute atomic E-state index is 0.165. The van der Waals surface area contributed by atoms with Crippen LogP contribution >= 0.6 is 11.6 Å². The van der Waals surface area contributed by atoms with Crippen LogP contribution in [0.3, 0.4) is 0 Å². The number of halogens is 4. The SMILES string of the molecule is CCOC(=O)COc1cccc(C(F)(F)F)c1Cl. The summed E-state index contributed by atoms with van der Waals surface area (Å²) in [6, 6.07) is 3.23. The van der Waals surface area contributed by atoms with Crippen LogP contribution in [0.1, 0.15) is 12.5 Å². The van der Waals surface area contributed by atoms with Gasteiger partial charge in [-0.3, -0.25) is 0 Å². The Morgan fingerprint density at radius 1 is 1.39 bits per heavy atom. The first kappa shape index (κ1) is 14.6. The number of benzene rings is 1. The number of alkyl halides is 3. The van der Waals surface area contributed by atoms with Crippen LogP contribution in [0.5, 0.6) is 5.75 Å². The molecule has 0 fully saturated rings. The van der Waals surface area contributed by atoms with E-state index in [1.807, 2.05) is 0 Å². The molecule has 0 aromatic heterocycles. The molecule has 0 amide bonds. The van der Waals surface area contributed by atoms with E-state index in [9.17, 15) is 18.0 Å². The second-order valence-electron chi connectivity index (χ2n) is 3.21. The molecular weight excluding hydrogens is 273 g/mol. The van der Waals surface area contributed by atoms with Gasteiger partial charge in [0.1, 0.15) is 5.75 Å². The van der Waals surface area contributed by atoms with Gasteiger partial charge in [-0.15, -0.1) is 0 Å². The number of ether oxygens (including phenoxy) is 2. The lowest BCUT2D eigenvalue weighted by Gasteiger charge is -2.12. The Bertz CT molecular complexity index is 432. The zero-order chi connectivity index (χ0) is 13.8. The summed E-state index contributed by atoms with van der Waals surface area (Å²) in [5.74, 6) is -0.884. The van der Waals surface area contributed by atoms with E-state index in [2.05, 4.69) is 4.74 Å². The highest BCUT2D eigenvalue weighted by Gasteiger charge is 2.34.